The van der Waals surface area contributed by atoms with E-state index >= 15 is 0 Å². The molecule has 0 unspecified atom stereocenters. The highest BCUT2D eigenvalue weighted by atomic mass is 16.5. The van der Waals surface area contributed by atoms with E-state index in [0.717, 1.165) is 5.57 Å². The number of carboxylic acid groups (broad SMARTS) is 1. The van der Waals surface area contributed by atoms with Crippen molar-refractivity contribution in [3.05, 3.63) is 36.4 Å². The van der Waals surface area contributed by atoms with Gasteiger partial charge in [-0.15, -0.1) is 0 Å². The van der Waals surface area contributed by atoms with Crippen LogP contribution in [-0.2, 0) is 9.59 Å². The van der Waals surface area contributed by atoms with Gasteiger partial charge in [-0.05, 0) is 31.1 Å². The van der Waals surface area contributed by atoms with Crippen molar-refractivity contribution in [3.8, 4) is 5.75 Å². The molecule has 0 atom stereocenters. The summed E-state index contributed by atoms with van der Waals surface area (Å²) in [6.07, 6.45) is 0.471. The van der Waals surface area contributed by atoms with Gasteiger partial charge in [0.2, 0.25) is 5.91 Å². The van der Waals surface area contributed by atoms with Gasteiger partial charge in [-0.1, -0.05) is 18.7 Å². The zero-order chi connectivity index (χ0) is 15.0. The lowest BCUT2D eigenvalue weighted by atomic mass is 10.2. The van der Waals surface area contributed by atoms with Crippen LogP contribution in [0.15, 0.2) is 36.4 Å². The van der Waals surface area contributed by atoms with Gasteiger partial charge >= 0.3 is 5.97 Å². The van der Waals surface area contributed by atoms with E-state index in [-0.39, 0.29) is 18.7 Å². The summed E-state index contributed by atoms with van der Waals surface area (Å²) in [4.78, 5) is 22.1. The molecule has 0 aliphatic carbocycles. The molecule has 0 spiro atoms. The minimum absolute atomic E-state index is 0.0127. The predicted molar refractivity (Wildman–Crippen MR) is 76.9 cm³/mol. The van der Waals surface area contributed by atoms with Crippen LogP contribution < -0.4 is 10.1 Å². The van der Waals surface area contributed by atoms with Crippen LogP contribution in [0.3, 0.4) is 0 Å². The number of para-hydroxylation sites is 2. The van der Waals surface area contributed by atoms with Gasteiger partial charge in [0, 0.05) is 12.8 Å². The maximum atomic E-state index is 11.7. The van der Waals surface area contributed by atoms with Gasteiger partial charge < -0.3 is 15.2 Å². The first kappa shape index (κ1) is 15.8. The molecule has 1 amide bonds. The molecule has 0 aromatic heterocycles. The molecule has 1 aromatic rings. The Morgan fingerprint density at radius 1 is 1.30 bits per heavy atom. The highest BCUT2D eigenvalue weighted by molar-refractivity contribution is 5.92. The fourth-order valence-corrected chi connectivity index (χ4v) is 1.51. The van der Waals surface area contributed by atoms with Gasteiger partial charge in [0.15, 0.2) is 0 Å². The number of hydrogen-bond acceptors (Lipinski definition) is 3. The minimum Gasteiger partial charge on any atom is -0.487 e. The molecule has 0 radical (unpaired) electrons. The average Bonchev–Trinajstić information content (AvgIpc) is 2.37. The topological polar surface area (TPSA) is 75.6 Å². The first-order chi connectivity index (χ1) is 9.49. The second-order valence-corrected chi connectivity index (χ2v) is 4.54. The summed E-state index contributed by atoms with van der Waals surface area (Å²) in [6.45, 7) is 5.98. The van der Waals surface area contributed by atoms with Crippen molar-refractivity contribution in [3.63, 3.8) is 0 Å². The summed E-state index contributed by atoms with van der Waals surface area (Å²) < 4.78 is 5.53. The van der Waals surface area contributed by atoms with E-state index < -0.39 is 5.97 Å². The molecule has 5 nitrogen and oxygen atoms in total. The number of benzene rings is 1. The SMILES string of the molecule is C=C(C)COc1ccccc1NC(=O)CCCC(=O)O. The molecule has 0 saturated heterocycles. The maximum Gasteiger partial charge on any atom is 0.303 e. The number of carboxylic acids is 1. The second-order valence-electron chi connectivity index (χ2n) is 4.54. The normalized spacial score (nSPS) is 9.85. The molecular weight excluding hydrogens is 258 g/mol. The number of rotatable bonds is 8. The first-order valence-electron chi connectivity index (χ1n) is 6.37. The Hall–Kier alpha value is -2.30. The van der Waals surface area contributed by atoms with Crippen LogP contribution in [0.25, 0.3) is 0 Å². The Kier molecular flexibility index (Phi) is 6.29. The number of ether oxygens (including phenoxy) is 1. The third-order valence-electron chi connectivity index (χ3n) is 2.43. The highest BCUT2D eigenvalue weighted by Crippen LogP contribution is 2.24. The molecule has 0 fully saturated rings. The van der Waals surface area contributed by atoms with Crippen LogP contribution in [0.4, 0.5) is 5.69 Å². The maximum absolute atomic E-state index is 11.7. The van der Waals surface area contributed by atoms with Crippen molar-refractivity contribution in [2.24, 2.45) is 0 Å². The number of hydrogen-bond donors (Lipinski definition) is 2. The van der Waals surface area contributed by atoms with Gasteiger partial charge in [-0.2, -0.15) is 0 Å². The molecule has 5 heteroatoms. The summed E-state index contributed by atoms with van der Waals surface area (Å²) in [5, 5.41) is 11.2. The molecule has 0 heterocycles. The van der Waals surface area contributed by atoms with Crippen LogP contribution in [0.1, 0.15) is 26.2 Å². The Balaban J connectivity index is 2.55. The summed E-state index contributed by atoms with van der Waals surface area (Å²) in [5.74, 6) is -0.553. The Labute approximate surface area is 118 Å². The van der Waals surface area contributed by atoms with Gasteiger partial charge in [-0.3, -0.25) is 9.59 Å². The lowest BCUT2D eigenvalue weighted by Gasteiger charge is -2.12. The smallest absolute Gasteiger partial charge is 0.303 e. The van der Waals surface area contributed by atoms with Crippen LogP contribution in [0.2, 0.25) is 0 Å². The minimum atomic E-state index is -0.900. The van der Waals surface area contributed by atoms with E-state index in [9.17, 15) is 9.59 Å². The lowest BCUT2D eigenvalue weighted by molar-refractivity contribution is -0.137. The van der Waals surface area contributed by atoms with E-state index in [1.165, 1.54) is 0 Å². The van der Waals surface area contributed by atoms with Crippen molar-refractivity contribution >= 4 is 17.6 Å². The van der Waals surface area contributed by atoms with Crippen molar-refractivity contribution in [1.29, 1.82) is 0 Å². The monoisotopic (exact) mass is 277 g/mol. The Morgan fingerprint density at radius 3 is 2.65 bits per heavy atom. The van der Waals surface area contributed by atoms with E-state index in [4.69, 9.17) is 9.84 Å². The van der Waals surface area contributed by atoms with E-state index in [2.05, 4.69) is 11.9 Å². The van der Waals surface area contributed by atoms with Gasteiger partial charge in [0.05, 0.1) is 5.69 Å². The Bertz CT molecular complexity index is 496. The first-order valence-corrected chi connectivity index (χ1v) is 6.37. The van der Waals surface area contributed by atoms with Crippen LogP contribution >= 0.6 is 0 Å². The quantitative estimate of drug-likeness (QED) is 0.716. The molecule has 108 valence electrons. The predicted octanol–water partition coefficient (Wildman–Crippen LogP) is 2.83. The van der Waals surface area contributed by atoms with E-state index in [1.54, 1.807) is 18.2 Å². The van der Waals surface area contributed by atoms with Gasteiger partial charge in [-0.25, -0.2) is 0 Å². The number of aliphatic carboxylic acids is 1. The summed E-state index contributed by atoms with van der Waals surface area (Å²) in [5.41, 5.74) is 1.46. The van der Waals surface area contributed by atoms with Gasteiger partial charge in [0.1, 0.15) is 12.4 Å². The van der Waals surface area contributed by atoms with Gasteiger partial charge in [0.25, 0.3) is 0 Å². The number of carbonyl (C=O) groups excluding carboxylic acids is 1. The molecule has 0 bridgehead atoms. The summed E-state index contributed by atoms with van der Waals surface area (Å²) in [7, 11) is 0. The van der Waals surface area contributed by atoms with E-state index in [0.29, 0.717) is 24.5 Å². The fourth-order valence-electron chi connectivity index (χ4n) is 1.51. The molecule has 0 saturated carbocycles. The van der Waals surface area contributed by atoms with Crippen LogP contribution in [-0.4, -0.2) is 23.6 Å². The van der Waals surface area contributed by atoms with E-state index in [1.807, 2.05) is 13.0 Å². The standard InChI is InChI=1S/C15H19NO4/c1-11(2)10-20-13-7-4-3-6-12(13)16-14(17)8-5-9-15(18)19/h3-4,6-7H,1,5,8-10H2,2H3,(H,16,17)(H,18,19). The summed E-state index contributed by atoms with van der Waals surface area (Å²) >= 11 is 0. The van der Waals surface area contributed by atoms with Crippen molar-refractivity contribution in [2.45, 2.75) is 26.2 Å². The van der Waals surface area contributed by atoms with Crippen molar-refractivity contribution < 1.29 is 19.4 Å². The lowest BCUT2D eigenvalue weighted by Crippen LogP contribution is -2.13. The average molecular weight is 277 g/mol. The summed E-state index contributed by atoms with van der Waals surface area (Å²) in [6, 6.07) is 7.10. The third-order valence-corrected chi connectivity index (χ3v) is 2.43. The van der Waals surface area contributed by atoms with Crippen molar-refractivity contribution in [1.82, 2.24) is 0 Å². The molecule has 20 heavy (non-hydrogen) atoms. The molecule has 2 N–H and O–H groups in total. The number of carbonyl (C=O) groups is 2. The number of nitrogens with one attached hydrogen (secondary N) is 1. The molecule has 1 aromatic carbocycles. The molecule has 0 aliphatic heterocycles. The molecule has 0 aliphatic rings. The molecule has 1 rings (SSSR count). The fraction of sp³-hybridized carbons (Fsp3) is 0.333. The zero-order valence-electron chi connectivity index (χ0n) is 11.5. The van der Waals surface area contributed by atoms with Crippen LogP contribution in [0.5, 0.6) is 5.75 Å². The van der Waals surface area contributed by atoms with Crippen molar-refractivity contribution in [2.75, 3.05) is 11.9 Å². The number of anilines is 1. The highest BCUT2D eigenvalue weighted by Gasteiger charge is 2.08. The largest absolute Gasteiger partial charge is 0.487 e. The third kappa shape index (κ3) is 6.04. The van der Waals surface area contributed by atoms with Crippen LogP contribution in [0, 0.1) is 0 Å². The Morgan fingerprint density at radius 2 is 2.00 bits per heavy atom. The second kappa shape index (κ2) is 7.99. The number of amides is 1. The molecular formula is C15H19NO4. The zero-order valence-corrected chi connectivity index (χ0v) is 11.5.